The van der Waals surface area contributed by atoms with E-state index in [2.05, 4.69) is 11.5 Å². The minimum Gasteiger partial charge on any atom is -0.380 e. The lowest BCUT2D eigenvalue weighted by Gasteiger charge is -2.35. The number of rotatable bonds is 4. The van der Waals surface area contributed by atoms with Crippen molar-refractivity contribution in [3.8, 4) is 11.1 Å². The third-order valence-corrected chi connectivity index (χ3v) is 6.36. The van der Waals surface area contributed by atoms with E-state index >= 15 is 0 Å². The van der Waals surface area contributed by atoms with Crippen molar-refractivity contribution in [2.45, 2.75) is 25.0 Å². The van der Waals surface area contributed by atoms with Gasteiger partial charge in [-0.05, 0) is 53.8 Å². The first-order chi connectivity index (χ1) is 15.0. The fourth-order valence-electron chi connectivity index (χ4n) is 4.24. The Morgan fingerprint density at radius 1 is 0.935 bits per heavy atom. The second-order valence-electron chi connectivity index (χ2n) is 8.52. The molecule has 1 saturated carbocycles. The highest BCUT2D eigenvalue weighted by Gasteiger charge is 2.50. The monoisotopic (exact) mass is 422 g/mol. The molecule has 0 unspecified atom stereocenters. The summed E-state index contributed by atoms with van der Waals surface area (Å²) in [5, 5.41) is 21.0. The molecule has 162 valence electrons. The molecule has 2 amide bonds. The van der Waals surface area contributed by atoms with Crippen LogP contribution in [0.5, 0.6) is 0 Å². The Bertz CT molecular complexity index is 1010. The minimum absolute atomic E-state index is 0.0412. The van der Waals surface area contributed by atoms with Crippen molar-refractivity contribution >= 4 is 17.5 Å². The molecule has 2 fully saturated rings. The quantitative estimate of drug-likeness (QED) is 0.687. The average molecular weight is 422 g/mol. The van der Waals surface area contributed by atoms with E-state index in [4.69, 9.17) is 0 Å². The minimum atomic E-state index is -1.15. The van der Waals surface area contributed by atoms with Crippen LogP contribution in [0.4, 0.5) is 5.69 Å². The summed E-state index contributed by atoms with van der Waals surface area (Å²) in [7, 11) is 0. The lowest BCUT2D eigenvalue weighted by Crippen LogP contribution is -2.53. The predicted molar refractivity (Wildman–Crippen MR) is 115 cm³/mol. The van der Waals surface area contributed by atoms with Crippen LogP contribution in [0, 0.1) is 0 Å². The van der Waals surface area contributed by atoms with Crippen LogP contribution < -0.4 is 5.43 Å². The molecule has 2 aromatic rings. The molecule has 0 spiro atoms. The van der Waals surface area contributed by atoms with Gasteiger partial charge in [0.15, 0.2) is 0 Å². The Hall–Kier alpha value is -2.94. The van der Waals surface area contributed by atoms with Crippen molar-refractivity contribution < 1.29 is 19.8 Å². The zero-order valence-electron chi connectivity index (χ0n) is 17.3. The molecule has 1 saturated heterocycles. The number of aliphatic hydroxyl groups is 2. The number of hydrazine groups is 1. The standard InChI is InChI=1S/C23H26N4O4/c28-15-27-14-19-13-18(5-6-20(19)24-27)16-1-3-17(4-2-16)21(29)25-9-11-26(12-10-25)22(30)23(31)7-8-23/h1-6,13,24,28,31H,7-12,14-15H2. The van der Waals surface area contributed by atoms with Crippen LogP contribution in [0.15, 0.2) is 42.5 Å². The Labute approximate surface area is 180 Å². The number of fused-ring (bicyclic) bond motifs is 1. The first-order valence-electron chi connectivity index (χ1n) is 10.6. The molecule has 2 aliphatic heterocycles. The maximum atomic E-state index is 12.9. The highest BCUT2D eigenvalue weighted by molar-refractivity contribution is 5.95. The third-order valence-electron chi connectivity index (χ3n) is 6.36. The molecule has 0 aromatic heterocycles. The zero-order valence-corrected chi connectivity index (χ0v) is 17.3. The van der Waals surface area contributed by atoms with Crippen LogP contribution >= 0.6 is 0 Å². The molecular formula is C23H26N4O4. The second kappa shape index (κ2) is 7.64. The number of benzene rings is 2. The Kier molecular flexibility index (Phi) is 4.92. The lowest BCUT2D eigenvalue weighted by molar-refractivity contribution is -0.143. The first kappa shape index (κ1) is 20.0. The van der Waals surface area contributed by atoms with E-state index < -0.39 is 5.60 Å². The van der Waals surface area contributed by atoms with Crippen molar-refractivity contribution in [3.63, 3.8) is 0 Å². The maximum absolute atomic E-state index is 12.9. The predicted octanol–water partition coefficient (Wildman–Crippen LogP) is 1.26. The van der Waals surface area contributed by atoms with E-state index in [-0.39, 0.29) is 18.5 Å². The normalized spacial score (nSPS) is 19.7. The fraction of sp³-hybridized carbons (Fsp3) is 0.391. The highest BCUT2D eigenvalue weighted by atomic mass is 16.3. The van der Waals surface area contributed by atoms with Crippen LogP contribution in [0.3, 0.4) is 0 Å². The molecule has 2 heterocycles. The van der Waals surface area contributed by atoms with Crippen LogP contribution in [0.25, 0.3) is 11.1 Å². The number of anilines is 1. The van der Waals surface area contributed by atoms with Gasteiger partial charge in [0.25, 0.3) is 11.8 Å². The van der Waals surface area contributed by atoms with Crippen molar-refractivity contribution in [1.82, 2.24) is 14.8 Å². The summed E-state index contributed by atoms with van der Waals surface area (Å²) in [4.78, 5) is 28.6. The third kappa shape index (κ3) is 3.78. The van der Waals surface area contributed by atoms with E-state index in [1.807, 2.05) is 36.4 Å². The van der Waals surface area contributed by atoms with Gasteiger partial charge in [-0.3, -0.25) is 9.59 Å². The number of amides is 2. The van der Waals surface area contributed by atoms with Gasteiger partial charge < -0.3 is 25.4 Å². The zero-order chi connectivity index (χ0) is 21.6. The van der Waals surface area contributed by atoms with Gasteiger partial charge in [-0.15, -0.1) is 0 Å². The molecular weight excluding hydrogens is 396 g/mol. The summed E-state index contributed by atoms with van der Waals surface area (Å²) in [5.74, 6) is -0.240. The summed E-state index contributed by atoms with van der Waals surface area (Å²) in [5.41, 5.74) is 6.82. The molecule has 8 nitrogen and oxygen atoms in total. The summed E-state index contributed by atoms with van der Waals surface area (Å²) in [6.07, 6.45) is 1.08. The van der Waals surface area contributed by atoms with Crippen LogP contribution in [-0.2, 0) is 11.3 Å². The van der Waals surface area contributed by atoms with Gasteiger partial charge in [0.05, 0.1) is 5.69 Å². The van der Waals surface area contributed by atoms with Crippen LogP contribution in [-0.4, -0.2) is 75.3 Å². The SMILES string of the molecule is O=C(c1ccc(-c2ccc3c(c2)CN(CO)N3)cc1)N1CCN(C(=O)C2(O)CC2)CC1. The van der Waals surface area contributed by atoms with Gasteiger partial charge in [0, 0.05) is 38.3 Å². The van der Waals surface area contributed by atoms with Gasteiger partial charge in [-0.1, -0.05) is 18.2 Å². The van der Waals surface area contributed by atoms with Crippen molar-refractivity contribution in [1.29, 1.82) is 0 Å². The van der Waals surface area contributed by atoms with Gasteiger partial charge in [-0.25, -0.2) is 0 Å². The fourth-order valence-corrected chi connectivity index (χ4v) is 4.24. The number of piperazine rings is 1. The number of carbonyl (C=O) groups is 2. The van der Waals surface area contributed by atoms with E-state index in [9.17, 15) is 19.8 Å². The summed E-state index contributed by atoms with van der Waals surface area (Å²) >= 11 is 0. The van der Waals surface area contributed by atoms with Crippen LogP contribution in [0.2, 0.25) is 0 Å². The molecule has 0 radical (unpaired) electrons. The summed E-state index contributed by atoms with van der Waals surface area (Å²) < 4.78 is 0. The molecule has 0 bridgehead atoms. The van der Waals surface area contributed by atoms with Crippen molar-refractivity contribution in [2.24, 2.45) is 0 Å². The average Bonchev–Trinajstić information content (AvgIpc) is 3.43. The van der Waals surface area contributed by atoms with Gasteiger partial charge in [0.2, 0.25) is 0 Å². The molecule has 0 atom stereocenters. The molecule has 3 N–H and O–H groups in total. The number of aliphatic hydroxyl groups excluding tert-OH is 1. The molecule has 5 rings (SSSR count). The number of nitrogens with one attached hydrogen (secondary N) is 1. The van der Waals surface area contributed by atoms with Gasteiger partial charge >= 0.3 is 0 Å². The summed E-state index contributed by atoms with van der Waals surface area (Å²) in [6, 6.07) is 13.7. The van der Waals surface area contributed by atoms with Crippen molar-refractivity contribution in [3.05, 3.63) is 53.6 Å². The topological polar surface area (TPSA) is 96.4 Å². The number of hydrogen-bond acceptors (Lipinski definition) is 6. The number of nitrogens with zero attached hydrogens (tertiary/aromatic N) is 3. The van der Waals surface area contributed by atoms with Gasteiger partial charge in [-0.2, -0.15) is 5.01 Å². The van der Waals surface area contributed by atoms with Crippen molar-refractivity contribution in [2.75, 3.05) is 38.3 Å². The van der Waals surface area contributed by atoms with E-state index in [0.717, 1.165) is 22.4 Å². The smallest absolute Gasteiger partial charge is 0.254 e. The van der Waals surface area contributed by atoms with Crippen LogP contribution in [0.1, 0.15) is 28.8 Å². The molecule has 2 aromatic carbocycles. The molecule has 8 heteroatoms. The second-order valence-corrected chi connectivity index (χ2v) is 8.52. The number of carbonyl (C=O) groups excluding carboxylic acids is 2. The molecule has 1 aliphatic carbocycles. The Morgan fingerprint density at radius 3 is 2.23 bits per heavy atom. The summed E-state index contributed by atoms with van der Waals surface area (Å²) in [6.45, 7) is 2.45. The lowest BCUT2D eigenvalue weighted by atomic mass is 10.0. The van der Waals surface area contributed by atoms with E-state index in [0.29, 0.717) is 51.1 Å². The number of hydrogen-bond donors (Lipinski definition) is 3. The molecule has 3 aliphatic rings. The Morgan fingerprint density at radius 2 is 1.58 bits per heavy atom. The first-order valence-corrected chi connectivity index (χ1v) is 10.6. The van der Waals surface area contributed by atoms with E-state index in [1.54, 1.807) is 14.8 Å². The highest BCUT2D eigenvalue weighted by Crippen LogP contribution is 2.37. The molecule has 31 heavy (non-hydrogen) atoms. The Balaban J connectivity index is 1.23. The van der Waals surface area contributed by atoms with E-state index in [1.165, 1.54) is 0 Å². The van der Waals surface area contributed by atoms with Gasteiger partial charge in [0.1, 0.15) is 12.3 Å². The maximum Gasteiger partial charge on any atom is 0.254 e. The largest absolute Gasteiger partial charge is 0.380 e.